The molecule has 0 atom stereocenters. The largest absolute Gasteiger partial charge is 0.316 e. The van der Waals surface area contributed by atoms with E-state index in [9.17, 15) is 8.42 Å². The number of aromatic nitrogens is 1. The fourth-order valence-corrected chi connectivity index (χ4v) is 3.27. The van der Waals surface area contributed by atoms with Gasteiger partial charge in [-0.15, -0.1) is 0 Å². The molecule has 0 spiro atoms. The summed E-state index contributed by atoms with van der Waals surface area (Å²) in [7, 11) is -0.888. The van der Waals surface area contributed by atoms with Crippen LogP contribution in [0.25, 0.3) is 0 Å². The first kappa shape index (κ1) is 13.5. The van der Waals surface area contributed by atoms with E-state index in [0.717, 1.165) is 24.3 Å². The van der Waals surface area contributed by atoms with Crippen LogP contribution in [0.4, 0.5) is 0 Å². The standard InChI is InChI=1S/C12H19N3O2S/c1-13-8-11-2-3-12(14-9-11)10-15-4-6-18(16,17)7-5-15/h2-3,9,13H,4-8,10H2,1H3. The lowest BCUT2D eigenvalue weighted by Gasteiger charge is -2.26. The number of sulfone groups is 1. The smallest absolute Gasteiger partial charge is 0.152 e. The summed E-state index contributed by atoms with van der Waals surface area (Å²) < 4.78 is 22.6. The first-order valence-electron chi connectivity index (χ1n) is 6.10. The first-order chi connectivity index (χ1) is 8.59. The second-order valence-electron chi connectivity index (χ2n) is 4.62. The van der Waals surface area contributed by atoms with Crippen LogP contribution in [0.3, 0.4) is 0 Å². The molecule has 18 heavy (non-hydrogen) atoms. The Morgan fingerprint density at radius 3 is 2.61 bits per heavy atom. The van der Waals surface area contributed by atoms with Crippen LogP contribution in [0.15, 0.2) is 18.3 Å². The molecule has 1 aliphatic heterocycles. The lowest BCUT2D eigenvalue weighted by molar-refractivity contribution is 0.284. The summed E-state index contributed by atoms with van der Waals surface area (Å²) in [5.74, 6) is 0.537. The molecule has 1 aromatic rings. The minimum atomic E-state index is -2.79. The molecule has 0 aliphatic carbocycles. The Balaban J connectivity index is 1.90. The van der Waals surface area contributed by atoms with Gasteiger partial charge in [0, 0.05) is 32.4 Å². The zero-order valence-electron chi connectivity index (χ0n) is 10.6. The molecule has 0 radical (unpaired) electrons. The van der Waals surface area contributed by atoms with E-state index in [1.54, 1.807) is 0 Å². The lowest BCUT2D eigenvalue weighted by atomic mass is 10.2. The van der Waals surface area contributed by atoms with Crippen molar-refractivity contribution in [3.8, 4) is 0 Å². The van der Waals surface area contributed by atoms with Gasteiger partial charge in [-0.1, -0.05) is 6.07 Å². The predicted octanol–water partition coefficient (Wildman–Crippen LogP) is 0.0314. The van der Waals surface area contributed by atoms with Crippen molar-refractivity contribution >= 4 is 9.84 Å². The Bertz CT molecular complexity index is 471. The highest BCUT2D eigenvalue weighted by molar-refractivity contribution is 7.91. The topological polar surface area (TPSA) is 62.3 Å². The second kappa shape index (κ2) is 5.77. The average molecular weight is 269 g/mol. The summed E-state index contributed by atoms with van der Waals surface area (Å²) in [6.45, 7) is 2.77. The molecule has 0 amide bonds. The number of pyridine rings is 1. The summed E-state index contributed by atoms with van der Waals surface area (Å²) in [4.78, 5) is 6.54. The monoisotopic (exact) mass is 269 g/mol. The van der Waals surface area contributed by atoms with E-state index in [2.05, 4.69) is 21.3 Å². The van der Waals surface area contributed by atoms with E-state index in [1.165, 1.54) is 0 Å². The highest BCUT2D eigenvalue weighted by atomic mass is 32.2. The van der Waals surface area contributed by atoms with Crippen molar-refractivity contribution in [1.82, 2.24) is 15.2 Å². The maximum atomic E-state index is 11.3. The Kier molecular flexibility index (Phi) is 4.31. The summed E-state index contributed by atoms with van der Waals surface area (Å²) in [6.07, 6.45) is 1.87. The molecule has 1 aromatic heterocycles. The number of nitrogens with zero attached hydrogens (tertiary/aromatic N) is 2. The van der Waals surface area contributed by atoms with Crippen molar-refractivity contribution in [3.63, 3.8) is 0 Å². The van der Waals surface area contributed by atoms with Crippen LogP contribution in [0.5, 0.6) is 0 Å². The second-order valence-corrected chi connectivity index (χ2v) is 6.92. The van der Waals surface area contributed by atoms with Gasteiger partial charge in [0.2, 0.25) is 0 Å². The van der Waals surface area contributed by atoms with Crippen LogP contribution < -0.4 is 5.32 Å². The third-order valence-electron chi connectivity index (χ3n) is 3.09. The van der Waals surface area contributed by atoms with Crippen molar-refractivity contribution in [2.24, 2.45) is 0 Å². The van der Waals surface area contributed by atoms with Gasteiger partial charge in [-0.25, -0.2) is 8.42 Å². The maximum Gasteiger partial charge on any atom is 0.152 e. The number of hydrogen-bond donors (Lipinski definition) is 1. The van der Waals surface area contributed by atoms with E-state index in [0.29, 0.717) is 13.1 Å². The van der Waals surface area contributed by atoms with Crippen LogP contribution in [0, 0.1) is 0 Å². The summed E-state index contributed by atoms with van der Waals surface area (Å²) in [5.41, 5.74) is 2.15. The zero-order valence-corrected chi connectivity index (χ0v) is 11.4. The van der Waals surface area contributed by atoms with Gasteiger partial charge >= 0.3 is 0 Å². The number of rotatable bonds is 4. The van der Waals surface area contributed by atoms with E-state index in [-0.39, 0.29) is 11.5 Å². The predicted molar refractivity (Wildman–Crippen MR) is 70.9 cm³/mol. The van der Waals surface area contributed by atoms with E-state index in [4.69, 9.17) is 0 Å². The van der Waals surface area contributed by atoms with E-state index < -0.39 is 9.84 Å². The third-order valence-corrected chi connectivity index (χ3v) is 4.70. The summed E-state index contributed by atoms with van der Waals surface area (Å²) in [6, 6.07) is 4.06. The van der Waals surface area contributed by atoms with Gasteiger partial charge in [0.1, 0.15) is 0 Å². The van der Waals surface area contributed by atoms with E-state index in [1.807, 2.05) is 19.3 Å². The van der Waals surface area contributed by atoms with Crippen molar-refractivity contribution in [3.05, 3.63) is 29.6 Å². The van der Waals surface area contributed by atoms with Crippen molar-refractivity contribution in [2.45, 2.75) is 13.1 Å². The average Bonchev–Trinajstić information content (AvgIpc) is 2.35. The molecule has 1 aliphatic rings. The van der Waals surface area contributed by atoms with Crippen LogP contribution in [-0.2, 0) is 22.9 Å². The number of nitrogens with one attached hydrogen (secondary N) is 1. The number of hydrogen-bond acceptors (Lipinski definition) is 5. The van der Waals surface area contributed by atoms with Gasteiger partial charge < -0.3 is 5.32 Å². The van der Waals surface area contributed by atoms with E-state index >= 15 is 0 Å². The SMILES string of the molecule is CNCc1ccc(CN2CCS(=O)(=O)CC2)nc1. The highest BCUT2D eigenvalue weighted by Crippen LogP contribution is 2.08. The molecule has 6 heteroatoms. The minimum absolute atomic E-state index is 0.269. The van der Waals surface area contributed by atoms with Gasteiger partial charge in [-0.3, -0.25) is 9.88 Å². The van der Waals surface area contributed by atoms with Gasteiger partial charge in [-0.2, -0.15) is 0 Å². The highest BCUT2D eigenvalue weighted by Gasteiger charge is 2.21. The molecular formula is C12H19N3O2S. The Morgan fingerprint density at radius 1 is 1.33 bits per heavy atom. The first-order valence-corrected chi connectivity index (χ1v) is 7.92. The molecule has 2 rings (SSSR count). The molecule has 1 fully saturated rings. The molecule has 0 saturated carbocycles. The lowest BCUT2D eigenvalue weighted by Crippen LogP contribution is -2.39. The van der Waals surface area contributed by atoms with Crippen LogP contribution in [0.2, 0.25) is 0 Å². The quantitative estimate of drug-likeness (QED) is 0.835. The van der Waals surface area contributed by atoms with Crippen molar-refractivity contribution in [2.75, 3.05) is 31.6 Å². The molecule has 0 aromatic carbocycles. The molecular weight excluding hydrogens is 250 g/mol. The maximum absolute atomic E-state index is 11.3. The summed E-state index contributed by atoms with van der Waals surface area (Å²) >= 11 is 0. The molecule has 2 heterocycles. The van der Waals surface area contributed by atoms with Gasteiger partial charge in [-0.05, 0) is 18.7 Å². The molecule has 1 N–H and O–H groups in total. The normalized spacial score (nSPS) is 19.8. The Morgan fingerprint density at radius 2 is 2.06 bits per heavy atom. The Hall–Kier alpha value is -0.980. The van der Waals surface area contributed by atoms with Gasteiger partial charge in [0.15, 0.2) is 9.84 Å². The molecule has 0 bridgehead atoms. The minimum Gasteiger partial charge on any atom is -0.316 e. The summed E-state index contributed by atoms with van der Waals surface area (Å²) in [5, 5.41) is 3.08. The van der Waals surface area contributed by atoms with Crippen molar-refractivity contribution < 1.29 is 8.42 Å². The Labute approximate surface area is 108 Å². The van der Waals surface area contributed by atoms with Crippen LogP contribution in [0.1, 0.15) is 11.3 Å². The third kappa shape index (κ3) is 3.76. The molecule has 1 saturated heterocycles. The van der Waals surface area contributed by atoms with Gasteiger partial charge in [0.25, 0.3) is 0 Å². The molecule has 0 unspecified atom stereocenters. The zero-order chi connectivity index (χ0) is 13.0. The van der Waals surface area contributed by atoms with Crippen molar-refractivity contribution in [1.29, 1.82) is 0 Å². The van der Waals surface area contributed by atoms with Crippen LogP contribution in [-0.4, -0.2) is 49.9 Å². The van der Waals surface area contributed by atoms with Gasteiger partial charge in [0.05, 0.1) is 17.2 Å². The fourth-order valence-electron chi connectivity index (χ4n) is 1.99. The van der Waals surface area contributed by atoms with Crippen LogP contribution >= 0.6 is 0 Å². The molecule has 5 nitrogen and oxygen atoms in total. The fraction of sp³-hybridized carbons (Fsp3) is 0.583. The molecule has 100 valence electrons.